The van der Waals surface area contributed by atoms with Crippen molar-refractivity contribution in [2.45, 2.75) is 20.0 Å². The van der Waals surface area contributed by atoms with E-state index in [1.54, 1.807) is 17.8 Å². The Balaban J connectivity index is 1.95. The highest BCUT2D eigenvalue weighted by molar-refractivity contribution is 7.09. The molecule has 1 aromatic heterocycles. The first-order valence-electron chi connectivity index (χ1n) is 8.41. The molecule has 0 aliphatic carbocycles. The first kappa shape index (κ1) is 19.9. The van der Waals surface area contributed by atoms with E-state index in [1.807, 2.05) is 38.1 Å². The van der Waals surface area contributed by atoms with Crippen LogP contribution in [0.3, 0.4) is 0 Å². The lowest BCUT2D eigenvalue weighted by Crippen LogP contribution is -2.26. The van der Waals surface area contributed by atoms with E-state index in [2.05, 4.69) is 4.99 Å². The highest BCUT2D eigenvalue weighted by atomic mass is 32.1. The number of amides is 2. The standard InChI is InChI=1S/C20H18F3N3OS/c1-13-4-8-16(9-5-13)25(3)18(27)24-19-26(12-14(2)28-19)17-10-6-15(7-11-17)20(21,22)23/h4-12H,1-3H3/b24-19-. The number of alkyl halides is 3. The van der Waals surface area contributed by atoms with Gasteiger partial charge in [0.15, 0.2) is 4.80 Å². The molecule has 0 saturated heterocycles. The number of hydrogen-bond donors (Lipinski definition) is 0. The Hall–Kier alpha value is -2.87. The minimum Gasteiger partial charge on any atom is -0.296 e. The third-order valence-electron chi connectivity index (χ3n) is 4.14. The molecule has 0 spiro atoms. The van der Waals surface area contributed by atoms with Gasteiger partial charge in [-0.25, -0.2) is 4.79 Å². The molecule has 8 heteroatoms. The van der Waals surface area contributed by atoms with E-state index in [0.717, 1.165) is 22.6 Å². The topological polar surface area (TPSA) is 37.6 Å². The number of benzene rings is 2. The van der Waals surface area contributed by atoms with Crippen molar-refractivity contribution in [2.75, 3.05) is 11.9 Å². The van der Waals surface area contributed by atoms with Crippen LogP contribution < -0.4 is 9.70 Å². The summed E-state index contributed by atoms with van der Waals surface area (Å²) in [5.41, 5.74) is 1.56. The summed E-state index contributed by atoms with van der Waals surface area (Å²) >= 11 is 1.29. The summed E-state index contributed by atoms with van der Waals surface area (Å²) in [6.07, 6.45) is -2.65. The van der Waals surface area contributed by atoms with Crippen LogP contribution in [0.5, 0.6) is 0 Å². The van der Waals surface area contributed by atoms with Crippen LogP contribution in [-0.2, 0) is 6.18 Å². The Morgan fingerprint density at radius 2 is 1.64 bits per heavy atom. The van der Waals surface area contributed by atoms with E-state index >= 15 is 0 Å². The summed E-state index contributed by atoms with van der Waals surface area (Å²) in [7, 11) is 1.62. The van der Waals surface area contributed by atoms with Crippen molar-refractivity contribution in [3.63, 3.8) is 0 Å². The van der Waals surface area contributed by atoms with Crippen molar-refractivity contribution in [3.05, 3.63) is 75.5 Å². The molecule has 146 valence electrons. The molecule has 4 nitrogen and oxygen atoms in total. The van der Waals surface area contributed by atoms with Gasteiger partial charge in [0.05, 0.1) is 5.56 Å². The van der Waals surface area contributed by atoms with Gasteiger partial charge in [-0.1, -0.05) is 17.7 Å². The number of hydrogen-bond acceptors (Lipinski definition) is 2. The number of rotatable bonds is 2. The second-order valence-electron chi connectivity index (χ2n) is 6.33. The van der Waals surface area contributed by atoms with Crippen molar-refractivity contribution in [2.24, 2.45) is 4.99 Å². The van der Waals surface area contributed by atoms with E-state index in [1.165, 1.54) is 28.4 Å². The third kappa shape index (κ3) is 4.33. The number of carbonyl (C=O) groups is 1. The number of aryl methyl sites for hydroxylation is 2. The third-order valence-corrected chi connectivity index (χ3v) is 5.04. The SMILES string of the molecule is Cc1ccc(N(C)C(=O)/N=c2\sc(C)cn2-c2ccc(C(F)(F)F)cc2)cc1. The zero-order valence-electron chi connectivity index (χ0n) is 15.5. The highest BCUT2D eigenvalue weighted by Crippen LogP contribution is 2.29. The van der Waals surface area contributed by atoms with Gasteiger partial charge < -0.3 is 0 Å². The monoisotopic (exact) mass is 405 g/mol. The second-order valence-corrected chi connectivity index (χ2v) is 7.54. The summed E-state index contributed by atoms with van der Waals surface area (Å²) in [5, 5.41) is 0. The Morgan fingerprint density at radius 1 is 1.04 bits per heavy atom. The van der Waals surface area contributed by atoms with Gasteiger partial charge in [0.2, 0.25) is 0 Å². The molecule has 3 rings (SSSR count). The lowest BCUT2D eigenvalue weighted by molar-refractivity contribution is -0.137. The fraction of sp³-hybridized carbons (Fsp3) is 0.200. The largest absolute Gasteiger partial charge is 0.416 e. The molecule has 0 unspecified atom stereocenters. The predicted molar refractivity (Wildman–Crippen MR) is 104 cm³/mol. The summed E-state index contributed by atoms with van der Waals surface area (Å²) < 4.78 is 39.9. The zero-order chi connectivity index (χ0) is 20.5. The molecule has 0 aliphatic heterocycles. The summed E-state index contributed by atoms with van der Waals surface area (Å²) in [5.74, 6) is 0. The predicted octanol–water partition coefficient (Wildman–Crippen LogP) is 5.33. The number of anilines is 1. The minimum absolute atomic E-state index is 0.390. The molecule has 3 aromatic rings. The summed E-state index contributed by atoms with van der Waals surface area (Å²) in [6.45, 7) is 3.80. The average molecular weight is 405 g/mol. The number of thiazole rings is 1. The van der Waals surface area contributed by atoms with Crippen molar-refractivity contribution in [1.82, 2.24) is 4.57 Å². The van der Waals surface area contributed by atoms with Crippen LogP contribution in [0.1, 0.15) is 16.0 Å². The first-order chi connectivity index (χ1) is 13.1. The van der Waals surface area contributed by atoms with E-state index in [9.17, 15) is 18.0 Å². The smallest absolute Gasteiger partial charge is 0.296 e. The maximum absolute atomic E-state index is 12.8. The van der Waals surface area contributed by atoms with Crippen LogP contribution in [0.15, 0.2) is 59.7 Å². The quantitative estimate of drug-likeness (QED) is 0.568. The maximum atomic E-state index is 12.8. The lowest BCUT2D eigenvalue weighted by Gasteiger charge is -2.14. The molecular weight excluding hydrogens is 387 g/mol. The van der Waals surface area contributed by atoms with Gasteiger partial charge in [-0.15, -0.1) is 11.3 Å². The fourth-order valence-corrected chi connectivity index (χ4v) is 3.39. The molecule has 28 heavy (non-hydrogen) atoms. The average Bonchev–Trinajstić information content (AvgIpc) is 3.01. The lowest BCUT2D eigenvalue weighted by atomic mass is 10.2. The van der Waals surface area contributed by atoms with Crippen LogP contribution in [0.4, 0.5) is 23.7 Å². The van der Waals surface area contributed by atoms with Gasteiger partial charge in [-0.2, -0.15) is 18.2 Å². The number of carbonyl (C=O) groups excluding carboxylic acids is 1. The van der Waals surface area contributed by atoms with E-state index in [0.29, 0.717) is 16.2 Å². The Kier molecular flexibility index (Phi) is 5.42. The number of nitrogens with zero attached hydrogens (tertiary/aromatic N) is 3. The minimum atomic E-state index is -4.40. The van der Waals surface area contributed by atoms with Crippen LogP contribution in [-0.4, -0.2) is 17.6 Å². The molecule has 0 aliphatic rings. The van der Waals surface area contributed by atoms with Crippen LogP contribution in [0.2, 0.25) is 0 Å². The van der Waals surface area contributed by atoms with Crippen LogP contribution in [0, 0.1) is 13.8 Å². The van der Waals surface area contributed by atoms with E-state index in [-0.39, 0.29) is 0 Å². The zero-order valence-corrected chi connectivity index (χ0v) is 16.3. The number of urea groups is 1. The summed E-state index contributed by atoms with van der Waals surface area (Å²) in [6, 6.07) is 11.7. The number of halogens is 3. The van der Waals surface area contributed by atoms with E-state index < -0.39 is 17.8 Å². The molecule has 2 aromatic carbocycles. The molecule has 0 fully saturated rings. The normalized spacial score (nSPS) is 12.3. The molecule has 0 radical (unpaired) electrons. The van der Waals surface area contributed by atoms with Crippen molar-refractivity contribution >= 4 is 23.1 Å². The second kappa shape index (κ2) is 7.63. The summed E-state index contributed by atoms with van der Waals surface area (Å²) in [4.78, 5) is 19.4. The fourth-order valence-electron chi connectivity index (χ4n) is 2.56. The molecule has 0 saturated carbocycles. The molecule has 0 bridgehead atoms. The maximum Gasteiger partial charge on any atom is 0.416 e. The van der Waals surface area contributed by atoms with Gasteiger partial charge in [-0.05, 0) is 50.2 Å². The molecule has 1 heterocycles. The van der Waals surface area contributed by atoms with Gasteiger partial charge in [0.1, 0.15) is 0 Å². The molecule has 2 amide bonds. The highest BCUT2D eigenvalue weighted by Gasteiger charge is 2.30. The van der Waals surface area contributed by atoms with E-state index in [4.69, 9.17) is 0 Å². The van der Waals surface area contributed by atoms with Crippen LogP contribution >= 0.6 is 11.3 Å². The Morgan fingerprint density at radius 3 is 2.21 bits per heavy atom. The molecular formula is C20H18F3N3OS. The Bertz CT molecular complexity index is 1050. The van der Waals surface area contributed by atoms with Crippen molar-refractivity contribution in [1.29, 1.82) is 0 Å². The molecule has 0 N–H and O–H groups in total. The van der Waals surface area contributed by atoms with Gasteiger partial charge in [0, 0.05) is 29.5 Å². The van der Waals surface area contributed by atoms with Gasteiger partial charge >= 0.3 is 12.2 Å². The molecule has 0 atom stereocenters. The van der Waals surface area contributed by atoms with Gasteiger partial charge in [-0.3, -0.25) is 9.47 Å². The van der Waals surface area contributed by atoms with Gasteiger partial charge in [0.25, 0.3) is 0 Å². The first-order valence-corrected chi connectivity index (χ1v) is 9.22. The van der Waals surface area contributed by atoms with Crippen molar-refractivity contribution < 1.29 is 18.0 Å². The Labute approximate surface area is 164 Å². The number of aromatic nitrogens is 1. The van der Waals surface area contributed by atoms with Crippen molar-refractivity contribution in [3.8, 4) is 5.69 Å². The van der Waals surface area contributed by atoms with Crippen LogP contribution in [0.25, 0.3) is 5.69 Å².